The molecular weight excluding hydrogens is 388 g/mol. The Morgan fingerprint density at radius 1 is 1.19 bits per heavy atom. The van der Waals surface area contributed by atoms with Crippen LogP contribution in [-0.4, -0.2) is 19.4 Å². The number of hydrogen-bond acceptors (Lipinski definition) is 7. The minimum atomic E-state index is -0.0840. The molecule has 0 aliphatic carbocycles. The lowest BCUT2D eigenvalue weighted by molar-refractivity contribution is 0.996. The molecule has 0 radical (unpaired) electrons. The Morgan fingerprint density at radius 2 is 2.00 bits per heavy atom. The van der Waals surface area contributed by atoms with Gasteiger partial charge in [-0.05, 0) is 26.3 Å². The molecule has 4 rings (SSSR count). The van der Waals surface area contributed by atoms with Crippen LogP contribution in [0.15, 0.2) is 21.0 Å². The summed E-state index contributed by atoms with van der Waals surface area (Å²) in [6, 6.07) is 1.57. The first-order chi connectivity index (χ1) is 12.4. The van der Waals surface area contributed by atoms with Gasteiger partial charge in [-0.3, -0.25) is 14.0 Å². The zero-order chi connectivity index (χ0) is 18.4. The van der Waals surface area contributed by atoms with Crippen LogP contribution in [0.5, 0.6) is 0 Å². The Labute approximate surface area is 161 Å². The summed E-state index contributed by atoms with van der Waals surface area (Å²) in [5.74, 6) is 1.80. The van der Waals surface area contributed by atoms with E-state index in [1.54, 1.807) is 33.6 Å². The number of thiophene rings is 1. The minimum absolute atomic E-state index is 0.0539. The molecule has 0 aliphatic heterocycles. The first-order valence-corrected chi connectivity index (χ1v) is 10.8. The normalized spacial score (nSPS) is 11.7. The van der Waals surface area contributed by atoms with Crippen LogP contribution < -0.4 is 11.1 Å². The number of aryl methyl sites for hydroxylation is 3. The molecule has 4 heterocycles. The summed E-state index contributed by atoms with van der Waals surface area (Å²) in [6.45, 7) is 5.85. The number of thiazole rings is 1. The van der Waals surface area contributed by atoms with Crippen molar-refractivity contribution in [3.8, 4) is 0 Å². The highest BCUT2D eigenvalue weighted by Gasteiger charge is 2.12. The molecule has 0 amide bonds. The quantitative estimate of drug-likeness (QED) is 0.564. The molecule has 0 saturated carbocycles. The van der Waals surface area contributed by atoms with Crippen LogP contribution in [0.3, 0.4) is 0 Å². The largest absolute Gasteiger partial charge is 0.309 e. The van der Waals surface area contributed by atoms with Crippen LogP contribution in [0.25, 0.3) is 15.2 Å². The fourth-order valence-electron chi connectivity index (χ4n) is 2.79. The van der Waals surface area contributed by atoms with E-state index in [4.69, 9.17) is 0 Å². The highest BCUT2D eigenvalue weighted by atomic mass is 32.2. The highest BCUT2D eigenvalue weighted by molar-refractivity contribution is 7.97. The Balaban J connectivity index is 1.54. The lowest BCUT2D eigenvalue weighted by atomic mass is 10.2. The summed E-state index contributed by atoms with van der Waals surface area (Å²) in [5, 5.41) is 2.62. The Kier molecular flexibility index (Phi) is 4.45. The van der Waals surface area contributed by atoms with Crippen molar-refractivity contribution in [1.29, 1.82) is 0 Å². The third-order valence-electron chi connectivity index (χ3n) is 4.21. The number of rotatable bonds is 4. The number of aromatic nitrogens is 4. The molecule has 0 fully saturated rings. The Bertz CT molecular complexity index is 1250. The van der Waals surface area contributed by atoms with Crippen LogP contribution in [0.1, 0.15) is 27.7 Å². The molecule has 4 aromatic heterocycles. The first-order valence-electron chi connectivity index (χ1n) is 7.97. The molecule has 1 N–H and O–H groups in total. The maximum Gasteiger partial charge on any atom is 0.259 e. The molecule has 0 aromatic carbocycles. The third-order valence-corrected chi connectivity index (χ3v) is 7.23. The number of thioether (sulfide) groups is 1. The van der Waals surface area contributed by atoms with Gasteiger partial charge in [-0.15, -0.1) is 34.4 Å². The second-order valence-electron chi connectivity index (χ2n) is 6.05. The molecule has 4 aromatic rings. The molecule has 9 heteroatoms. The molecular formula is C17H16N4O2S3. The summed E-state index contributed by atoms with van der Waals surface area (Å²) in [4.78, 5) is 39.1. The van der Waals surface area contributed by atoms with E-state index in [0.717, 1.165) is 26.7 Å². The smallest absolute Gasteiger partial charge is 0.259 e. The number of hydrogen-bond donors (Lipinski definition) is 1. The fraction of sp³-hybridized carbons (Fsp3) is 0.294. The number of fused-ring (bicyclic) bond motifs is 2. The second-order valence-corrected chi connectivity index (χ2v) is 9.07. The van der Waals surface area contributed by atoms with Gasteiger partial charge in [0.2, 0.25) is 0 Å². The van der Waals surface area contributed by atoms with Gasteiger partial charge in [-0.25, -0.2) is 9.97 Å². The van der Waals surface area contributed by atoms with Crippen molar-refractivity contribution >= 4 is 49.6 Å². The fourth-order valence-corrected chi connectivity index (χ4v) is 5.52. The summed E-state index contributed by atoms with van der Waals surface area (Å²) < 4.78 is 1.62. The third kappa shape index (κ3) is 3.00. The van der Waals surface area contributed by atoms with E-state index in [0.29, 0.717) is 27.7 Å². The van der Waals surface area contributed by atoms with Crippen molar-refractivity contribution < 1.29 is 0 Å². The van der Waals surface area contributed by atoms with Crippen LogP contribution in [0.4, 0.5) is 0 Å². The predicted molar refractivity (Wildman–Crippen MR) is 109 cm³/mol. The van der Waals surface area contributed by atoms with Gasteiger partial charge in [0.1, 0.15) is 10.7 Å². The van der Waals surface area contributed by atoms with Crippen LogP contribution in [-0.2, 0) is 11.5 Å². The minimum Gasteiger partial charge on any atom is -0.309 e. The van der Waals surface area contributed by atoms with E-state index >= 15 is 0 Å². The summed E-state index contributed by atoms with van der Waals surface area (Å²) in [5.41, 5.74) is 2.51. The van der Waals surface area contributed by atoms with Crippen LogP contribution in [0, 0.1) is 20.8 Å². The molecule has 134 valence electrons. The summed E-state index contributed by atoms with van der Waals surface area (Å²) in [7, 11) is 0. The van der Waals surface area contributed by atoms with Crippen molar-refractivity contribution in [2.75, 3.05) is 0 Å². The van der Waals surface area contributed by atoms with Gasteiger partial charge in [0.15, 0.2) is 4.96 Å². The zero-order valence-electron chi connectivity index (χ0n) is 14.5. The molecule has 0 unspecified atom stereocenters. The Hall–Kier alpha value is -1.97. The number of nitrogens with zero attached hydrogens (tertiary/aromatic N) is 3. The maximum absolute atomic E-state index is 12.3. The molecule has 0 saturated heterocycles. The zero-order valence-corrected chi connectivity index (χ0v) is 16.9. The van der Waals surface area contributed by atoms with Gasteiger partial charge in [0, 0.05) is 27.8 Å². The summed E-state index contributed by atoms with van der Waals surface area (Å²) in [6.07, 6.45) is 0. The topological polar surface area (TPSA) is 80.1 Å². The van der Waals surface area contributed by atoms with E-state index in [9.17, 15) is 9.59 Å². The van der Waals surface area contributed by atoms with Crippen LogP contribution >= 0.6 is 34.4 Å². The van der Waals surface area contributed by atoms with Gasteiger partial charge in [-0.2, -0.15) is 0 Å². The maximum atomic E-state index is 12.3. The van der Waals surface area contributed by atoms with E-state index < -0.39 is 0 Å². The van der Waals surface area contributed by atoms with Gasteiger partial charge in [0.25, 0.3) is 11.1 Å². The molecule has 0 aliphatic rings. The lowest BCUT2D eigenvalue weighted by Crippen LogP contribution is -2.14. The van der Waals surface area contributed by atoms with Crippen LogP contribution in [0.2, 0.25) is 0 Å². The van der Waals surface area contributed by atoms with Crippen molar-refractivity contribution in [3.05, 3.63) is 59.8 Å². The van der Waals surface area contributed by atoms with E-state index in [1.165, 1.54) is 11.3 Å². The van der Waals surface area contributed by atoms with E-state index in [2.05, 4.69) is 15.0 Å². The monoisotopic (exact) mass is 404 g/mol. The standard InChI is InChI=1S/C17H16N4O2S3/c1-8-5-25-17-18-11(4-13(22)21(8)17)6-24-7-12-19-15(23)14-9(2)10(3)26-16(14)20-12/h4-5H,6-7H2,1-3H3,(H,19,20,23). The highest BCUT2D eigenvalue weighted by Crippen LogP contribution is 2.26. The van der Waals surface area contributed by atoms with Gasteiger partial charge in [0.05, 0.1) is 16.8 Å². The van der Waals surface area contributed by atoms with Gasteiger partial charge >= 0.3 is 0 Å². The number of H-pyrrole nitrogens is 1. The number of aromatic amines is 1. The molecule has 0 spiro atoms. The predicted octanol–water partition coefficient (Wildman–Crippen LogP) is 3.41. The Morgan fingerprint density at radius 3 is 2.81 bits per heavy atom. The van der Waals surface area contributed by atoms with Gasteiger partial charge in [-0.1, -0.05) is 0 Å². The van der Waals surface area contributed by atoms with Gasteiger partial charge < -0.3 is 4.98 Å². The van der Waals surface area contributed by atoms with E-state index in [-0.39, 0.29) is 11.1 Å². The number of nitrogens with one attached hydrogen (secondary N) is 1. The van der Waals surface area contributed by atoms with Crippen molar-refractivity contribution in [3.63, 3.8) is 0 Å². The second kappa shape index (κ2) is 6.64. The van der Waals surface area contributed by atoms with E-state index in [1.807, 2.05) is 26.2 Å². The summed E-state index contributed by atoms with van der Waals surface area (Å²) >= 11 is 4.59. The SMILES string of the molecule is Cc1sc2nc(CSCc3cc(=O)n4c(C)csc4n3)[nH]c(=O)c2c1C. The average molecular weight is 405 g/mol. The lowest BCUT2D eigenvalue weighted by Gasteiger charge is -2.03. The molecule has 0 atom stereocenters. The van der Waals surface area contributed by atoms with Crippen molar-refractivity contribution in [1.82, 2.24) is 19.4 Å². The van der Waals surface area contributed by atoms with Crippen molar-refractivity contribution in [2.45, 2.75) is 32.3 Å². The molecule has 0 bridgehead atoms. The first kappa shape index (κ1) is 17.4. The van der Waals surface area contributed by atoms with Crippen molar-refractivity contribution in [2.24, 2.45) is 0 Å². The molecule has 26 heavy (non-hydrogen) atoms. The molecule has 6 nitrogen and oxygen atoms in total. The average Bonchev–Trinajstić information content (AvgIpc) is 3.08.